The van der Waals surface area contributed by atoms with Gasteiger partial charge in [-0.05, 0) is 57.8 Å². The Labute approximate surface area is 126 Å². The van der Waals surface area contributed by atoms with Crippen LogP contribution in [-0.4, -0.2) is 25.2 Å². The van der Waals surface area contributed by atoms with Crippen molar-refractivity contribution in [3.05, 3.63) is 0 Å². The molecule has 0 aromatic carbocycles. The van der Waals surface area contributed by atoms with Crippen molar-refractivity contribution in [2.75, 3.05) is 13.1 Å². The normalized spacial score (nSPS) is 13.3. The van der Waals surface area contributed by atoms with Crippen LogP contribution >= 0.6 is 0 Å². The van der Waals surface area contributed by atoms with E-state index in [1.165, 1.54) is 0 Å². The van der Waals surface area contributed by atoms with E-state index < -0.39 is 0 Å². The van der Waals surface area contributed by atoms with Crippen LogP contribution < -0.4 is 0 Å². The highest BCUT2D eigenvalue weighted by Gasteiger charge is 2.10. The Kier molecular flexibility index (Phi) is 13.7. The van der Waals surface area contributed by atoms with E-state index in [1.54, 1.807) is 0 Å². The van der Waals surface area contributed by atoms with E-state index in [4.69, 9.17) is 22.1 Å². The molecule has 0 aromatic rings. The van der Waals surface area contributed by atoms with Crippen LogP contribution in [0.5, 0.6) is 0 Å². The molecule has 0 heterocycles. The lowest BCUT2D eigenvalue weighted by molar-refractivity contribution is 0.443. The molecule has 120 valence electrons. The highest BCUT2D eigenvalue weighted by Crippen LogP contribution is 2.17. The smallest absolute Gasteiger partial charge is 0.0705 e. The van der Waals surface area contributed by atoms with E-state index in [0.29, 0.717) is 13.1 Å². The van der Waals surface area contributed by atoms with E-state index in [-0.39, 0.29) is 12.1 Å². The Morgan fingerprint density at radius 1 is 0.524 bits per heavy atom. The van der Waals surface area contributed by atoms with Crippen molar-refractivity contribution in [3.63, 3.8) is 0 Å². The van der Waals surface area contributed by atoms with Gasteiger partial charge in [0.2, 0.25) is 0 Å². The fourth-order valence-electron chi connectivity index (χ4n) is 2.28. The van der Waals surface area contributed by atoms with Crippen LogP contribution in [0.1, 0.15) is 57.8 Å². The third-order valence-corrected chi connectivity index (χ3v) is 3.55. The van der Waals surface area contributed by atoms with Gasteiger partial charge in [-0.25, -0.2) is 22.1 Å². The van der Waals surface area contributed by atoms with Crippen molar-refractivity contribution in [2.24, 2.45) is 20.5 Å². The summed E-state index contributed by atoms with van der Waals surface area (Å²) >= 11 is 0. The predicted octanol–water partition coefficient (Wildman–Crippen LogP) is 5.36. The second-order valence-corrected chi connectivity index (χ2v) is 5.25. The lowest BCUT2D eigenvalue weighted by atomic mass is 9.99. The van der Waals surface area contributed by atoms with Gasteiger partial charge in [-0.1, -0.05) is 0 Å². The maximum Gasteiger partial charge on any atom is 0.0705 e. The molecule has 0 aliphatic carbocycles. The summed E-state index contributed by atoms with van der Waals surface area (Å²) in [5.41, 5.74) is 27.8. The summed E-state index contributed by atoms with van der Waals surface area (Å²) in [6.45, 7) is 1.13. The molecule has 21 heavy (non-hydrogen) atoms. The third kappa shape index (κ3) is 11.9. The van der Waals surface area contributed by atoms with Gasteiger partial charge in [-0.15, -0.1) is 0 Å². The maximum absolute atomic E-state index is 7.20. The molecular formula is C13H28N8. The molecule has 0 aliphatic heterocycles. The fraction of sp³-hybridized carbons (Fsp3) is 1.00. The molecule has 0 bridgehead atoms. The quantitative estimate of drug-likeness (QED) is 0.215. The topological polar surface area (TPSA) is 145 Å². The summed E-state index contributed by atoms with van der Waals surface area (Å²) in [6.07, 6.45) is 8.13. The summed E-state index contributed by atoms with van der Waals surface area (Å²) < 4.78 is 0. The van der Waals surface area contributed by atoms with Crippen LogP contribution in [-0.2, 0) is 0 Å². The van der Waals surface area contributed by atoms with Gasteiger partial charge in [0, 0.05) is 0 Å². The summed E-state index contributed by atoms with van der Waals surface area (Å²) in [6, 6.07) is 0.119. The van der Waals surface area contributed by atoms with Crippen molar-refractivity contribution in [2.45, 2.75) is 69.9 Å². The lowest BCUT2D eigenvalue weighted by Gasteiger charge is -2.13. The summed E-state index contributed by atoms with van der Waals surface area (Å²) in [4.78, 5) is 0. The zero-order valence-electron chi connectivity index (χ0n) is 12.7. The standard InChI is InChI=1S/C13H28N8/c14-18-10-3-1-6-12(20-16)8-5-9-13(21-17)7-2-4-11-19-15/h12-17H,1-11H2. The summed E-state index contributed by atoms with van der Waals surface area (Å²) in [7, 11) is 0. The van der Waals surface area contributed by atoms with Crippen LogP contribution in [0.4, 0.5) is 0 Å². The summed E-state index contributed by atoms with van der Waals surface area (Å²) in [5, 5.41) is 13.9. The highest BCUT2D eigenvalue weighted by atomic mass is 15.0. The Hall–Kier alpha value is -1.60. The molecule has 0 saturated heterocycles. The molecule has 0 amide bonds. The molecule has 4 N–H and O–H groups in total. The maximum atomic E-state index is 7.20. The molecular weight excluding hydrogens is 268 g/mol. The Bertz CT molecular complexity index is 266. The van der Waals surface area contributed by atoms with Crippen LogP contribution in [0.3, 0.4) is 0 Å². The first-order chi connectivity index (χ1) is 10.3. The van der Waals surface area contributed by atoms with Crippen molar-refractivity contribution >= 4 is 0 Å². The summed E-state index contributed by atoms with van der Waals surface area (Å²) in [5.74, 6) is 0. The molecule has 0 aromatic heterocycles. The number of hydrogen-bond donors (Lipinski definition) is 4. The average Bonchev–Trinajstić information content (AvgIpc) is 2.51. The molecule has 0 radical (unpaired) electrons. The van der Waals surface area contributed by atoms with Gasteiger partial charge in [0.25, 0.3) is 0 Å². The van der Waals surface area contributed by atoms with Crippen molar-refractivity contribution in [1.82, 2.24) is 0 Å². The number of unbranched alkanes of at least 4 members (excludes halogenated alkanes) is 2. The number of hydrogen-bond acceptors (Lipinski definition) is 8. The third-order valence-electron chi connectivity index (χ3n) is 3.55. The van der Waals surface area contributed by atoms with Crippen molar-refractivity contribution in [3.8, 4) is 0 Å². The van der Waals surface area contributed by atoms with Crippen LogP contribution in [0.15, 0.2) is 20.5 Å². The van der Waals surface area contributed by atoms with Gasteiger partial charge in [-0.3, -0.25) is 0 Å². The number of rotatable bonds is 16. The van der Waals surface area contributed by atoms with Crippen LogP contribution in [0.25, 0.3) is 0 Å². The van der Waals surface area contributed by atoms with Crippen molar-refractivity contribution in [1.29, 1.82) is 22.1 Å². The van der Waals surface area contributed by atoms with Gasteiger partial charge in [0.05, 0.1) is 25.2 Å². The number of nitrogens with one attached hydrogen (secondary N) is 4. The largest absolute Gasteiger partial charge is 0.210 e. The van der Waals surface area contributed by atoms with E-state index in [2.05, 4.69) is 20.5 Å². The molecule has 0 spiro atoms. The Morgan fingerprint density at radius 2 is 0.905 bits per heavy atom. The molecule has 0 fully saturated rings. The fourth-order valence-corrected chi connectivity index (χ4v) is 2.28. The van der Waals surface area contributed by atoms with Crippen LogP contribution in [0, 0.1) is 22.1 Å². The average molecular weight is 296 g/mol. The molecule has 0 aliphatic rings. The lowest BCUT2D eigenvalue weighted by Crippen LogP contribution is -2.08. The second kappa shape index (κ2) is 14.8. The van der Waals surface area contributed by atoms with Gasteiger partial charge in [0.1, 0.15) is 0 Å². The van der Waals surface area contributed by atoms with E-state index >= 15 is 0 Å². The highest BCUT2D eigenvalue weighted by molar-refractivity contribution is 4.69. The first-order valence-corrected chi connectivity index (χ1v) is 7.68. The molecule has 0 saturated carbocycles. The Morgan fingerprint density at radius 3 is 1.24 bits per heavy atom. The molecule has 8 nitrogen and oxygen atoms in total. The minimum atomic E-state index is 0.0595. The van der Waals surface area contributed by atoms with Gasteiger partial charge >= 0.3 is 0 Å². The van der Waals surface area contributed by atoms with Gasteiger partial charge in [0.15, 0.2) is 0 Å². The Balaban J connectivity index is 3.73. The molecule has 0 rings (SSSR count). The van der Waals surface area contributed by atoms with Crippen molar-refractivity contribution < 1.29 is 0 Å². The predicted molar refractivity (Wildman–Crippen MR) is 79.5 cm³/mol. The zero-order valence-corrected chi connectivity index (χ0v) is 12.7. The molecule has 8 heteroatoms. The molecule has 2 atom stereocenters. The molecule has 2 unspecified atom stereocenters. The minimum absolute atomic E-state index is 0.0595. The monoisotopic (exact) mass is 296 g/mol. The first kappa shape index (κ1) is 19.4. The number of nitrogens with zero attached hydrogens (tertiary/aromatic N) is 4. The SMILES string of the molecule is N=NCCCCC(CCCC(CCCCN=N)N=N)N=N. The van der Waals surface area contributed by atoms with Gasteiger partial charge in [-0.2, -0.15) is 20.5 Å². The van der Waals surface area contributed by atoms with Crippen LogP contribution in [0.2, 0.25) is 0 Å². The first-order valence-electron chi connectivity index (χ1n) is 7.68. The van der Waals surface area contributed by atoms with E-state index in [0.717, 1.165) is 57.8 Å². The zero-order chi connectivity index (χ0) is 15.8. The van der Waals surface area contributed by atoms with Gasteiger partial charge < -0.3 is 0 Å². The second-order valence-electron chi connectivity index (χ2n) is 5.25. The van der Waals surface area contributed by atoms with E-state index in [9.17, 15) is 0 Å². The minimum Gasteiger partial charge on any atom is -0.210 e. The van der Waals surface area contributed by atoms with E-state index in [1.807, 2.05) is 0 Å².